The molecule has 1 N–H and O–H groups in total. The van der Waals surface area contributed by atoms with Crippen LogP contribution >= 0.6 is 0 Å². The molecule has 0 radical (unpaired) electrons. The van der Waals surface area contributed by atoms with Gasteiger partial charge < -0.3 is 10.1 Å². The Hall–Kier alpha value is -0.0800. The summed E-state index contributed by atoms with van der Waals surface area (Å²) in [6.45, 7) is 4.09. The van der Waals surface area contributed by atoms with Gasteiger partial charge >= 0.3 is 0 Å². The first-order chi connectivity index (χ1) is 5.33. The highest BCUT2D eigenvalue weighted by molar-refractivity contribution is 4.72. The summed E-state index contributed by atoms with van der Waals surface area (Å²) in [5, 5.41) is 3.19. The van der Waals surface area contributed by atoms with E-state index in [9.17, 15) is 0 Å². The van der Waals surface area contributed by atoms with Crippen molar-refractivity contribution < 1.29 is 4.74 Å². The summed E-state index contributed by atoms with van der Waals surface area (Å²) >= 11 is 0. The van der Waals surface area contributed by atoms with E-state index in [0.717, 1.165) is 25.6 Å². The van der Waals surface area contributed by atoms with E-state index in [1.54, 1.807) is 0 Å². The van der Waals surface area contributed by atoms with Gasteiger partial charge in [0.25, 0.3) is 0 Å². The SMILES string of the molecule is CNC(C)CCOCC1CC1. The van der Waals surface area contributed by atoms with Crippen molar-refractivity contribution in [3.8, 4) is 0 Å². The van der Waals surface area contributed by atoms with Gasteiger partial charge in [0.15, 0.2) is 0 Å². The summed E-state index contributed by atoms with van der Waals surface area (Å²) in [4.78, 5) is 0. The van der Waals surface area contributed by atoms with Crippen molar-refractivity contribution >= 4 is 0 Å². The van der Waals surface area contributed by atoms with E-state index in [2.05, 4.69) is 12.2 Å². The summed E-state index contributed by atoms with van der Waals surface area (Å²) in [6.07, 6.45) is 3.91. The second kappa shape index (κ2) is 4.73. The fourth-order valence-electron chi connectivity index (χ4n) is 0.939. The highest BCUT2D eigenvalue weighted by Crippen LogP contribution is 2.28. The van der Waals surface area contributed by atoms with Crippen molar-refractivity contribution in [2.45, 2.75) is 32.2 Å². The summed E-state index contributed by atoms with van der Waals surface area (Å²) in [6, 6.07) is 0.592. The third kappa shape index (κ3) is 4.38. The van der Waals surface area contributed by atoms with E-state index < -0.39 is 0 Å². The molecule has 0 heterocycles. The third-order valence-corrected chi connectivity index (χ3v) is 2.24. The number of ether oxygens (including phenoxy) is 1. The van der Waals surface area contributed by atoms with Crippen LogP contribution in [0.15, 0.2) is 0 Å². The minimum atomic E-state index is 0.592. The monoisotopic (exact) mass is 157 g/mol. The largest absolute Gasteiger partial charge is 0.381 e. The van der Waals surface area contributed by atoms with E-state index in [0.29, 0.717) is 6.04 Å². The van der Waals surface area contributed by atoms with Gasteiger partial charge in [-0.15, -0.1) is 0 Å². The van der Waals surface area contributed by atoms with Crippen molar-refractivity contribution in [2.75, 3.05) is 20.3 Å². The van der Waals surface area contributed by atoms with Gasteiger partial charge in [0.1, 0.15) is 0 Å². The average Bonchev–Trinajstić information content (AvgIpc) is 2.81. The van der Waals surface area contributed by atoms with Gasteiger partial charge in [0.2, 0.25) is 0 Å². The quantitative estimate of drug-likeness (QED) is 0.589. The van der Waals surface area contributed by atoms with Crippen LogP contribution < -0.4 is 5.32 Å². The van der Waals surface area contributed by atoms with Crippen LogP contribution in [-0.4, -0.2) is 26.3 Å². The Kier molecular flexibility index (Phi) is 3.87. The fraction of sp³-hybridized carbons (Fsp3) is 1.00. The van der Waals surface area contributed by atoms with Gasteiger partial charge in [-0.2, -0.15) is 0 Å². The Morgan fingerprint density at radius 2 is 2.27 bits per heavy atom. The molecule has 1 rings (SSSR count). The minimum Gasteiger partial charge on any atom is -0.381 e. The van der Waals surface area contributed by atoms with Crippen molar-refractivity contribution in [2.24, 2.45) is 5.92 Å². The van der Waals surface area contributed by atoms with E-state index >= 15 is 0 Å². The molecule has 0 saturated heterocycles. The van der Waals surface area contributed by atoms with Crippen LogP contribution in [0.25, 0.3) is 0 Å². The molecule has 0 spiro atoms. The number of hydrogen-bond acceptors (Lipinski definition) is 2. The maximum atomic E-state index is 5.49. The molecule has 2 heteroatoms. The lowest BCUT2D eigenvalue weighted by atomic mass is 10.2. The standard InChI is InChI=1S/C9H19NO/c1-8(10-2)5-6-11-7-9-3-4-9/h8-10H,3-7H2,1-2H3. The van der Waals surface area contributed by atoms with Crippen LogP contribution in [0.3, 0.4) is 0 Å². The third-order valence-electron chi connectivity index (χ3n) is 2.24. The molecule has 0 aromatic carbocycles. The maximum absolute atomic E-state index is 5.49. The van der Waals surface area contributed by atoms with Crippen LogP contribution in [0.1, 0.15) is 26.2 Å². The van der Waals surface area contributed by atoms with E-state index in [-0.39, 0.29) is 0 Å². The smallest absolute Gasteiger partial charge is 0.0494 e. The van der Waals surface area contributed by atoms with E-state index in [4.69, 9.17) is 4.74 Å². The van der Waals surface area contributed by atoms with Gasteiger partial charge in [-0.3, -0.25) is 0 Å². The second-order valence-electron chi connectivity index (χ2n) is 3.50. The molecule has 2 nitrogen and oxygen atoms in total. The summed E-state index contributed by atoms with van der Waals surface area (Å²) < 4.78 is 5.49. The predicted octanol–water partition coefficient (Wildman–Crippen LogP) is 1.41. The molecule has 66 valence electrons. The first-order valence-corrected chi connectivity index (χ1v) is 4.58. The maximum Gasteiger partial charge on any atom is 0.0494 e. The summed E-state index contributed by atoms with van der Waals surface area (Å²) in [5.41, 5.74) is 0. The minimum absolute atomic E-state index is 0.592. The van der Waals surface area contributed by atoms with Gasteiger partial charge in [0, 0.05) is 19.3 Å². The van der Waals surface area contributed by atoms with Crippen molar-refractivity contribution in [1.82, 2.24) is 5.32 Å². The molecule has 11 heavy (non-hydrogen) atoms. The Labute approximate surface area is 69.3 Å². The molecule has 1 fully saturated rings. The molecule has 0 aromatic heterocycles. The Bertz CT molecular complexity index is 102. The second-order valence-corrected chi connectivity index (χ2v) is 3.50. The lowest BCUT2D eigenvalue weighted by Crippen LogP contribution is -2.22. The van der Waals surface area contributed by atoms with Gasteiger partial charge in [-0.1, -0.05) is 0 Å². The Morgan fingerprint density at radius 3 is 2.82 bits per heavy atom. The molecule has 1 saturated carbocycles. The van der Waals surface area contributed by atoms with Crippen molar-refractivity contribution in [1.29, 1.82) is 0 Å². The van der Waals surface area contributed by atoms with Gasteiger partial charge in [-0.25, -0.2) is 0 Å². The van der Waals surface area contributed by atoms with Crippen molar-refractivity contribution in [3.05, 3.63) is 0 Å². The molecule has 1 aliphatic rings. The molecule has 1 unspecified atom stereocenters. The molecule has 0 aliphatic heterocycles. The number of rotatable bonds is 6. The Balaban J connectivity index is 1.79. The summed E-state index contributed by atoms with van der Waals surface area (Å²) in [5.74, 6) is 0.903. The highest BCUT2D eigenvalue weighted by atomic mass is 16.5. The van der Waals surface area contributed by atoms with Crippen LogP contribution in [0.5, 0.6) is 0 Å². The average molecular weight is 157 g/mol. The zero-order chi connectivity index (χ0) is 8.10. The van der Waals surface area contributed by atoms with Gasteiger partial charge in [0.05, 0.1) is 0 Å². The van der Waals surface area contributed by atoms with Gasteiger partial charge in [-0.05, 0) is 39.2 Å². The van der Waals surface area contributed by atoms with Crippen LogP contribution in [0.2, 0.25) is 0 Å². The van der Waals surface area contributed by atoms with E-state index in [1.807, 2.05) is 7.05 Å². The first kappa shape index (κ1) is 9.01. The summed E-state index contributed by atoms with van der Waals surface area (Å²) in [7, 11) is 1.99. The number of hydrogen-bond donors (Lipinski definition) is 1. The highest BCUT2D eigenvalue weighted by Gasteiger charge is 2.20. The Morgan fingerprint density at radius 1 is 1.55 bits per heavy atom. The van der Waals surface area contributed by atoms with Crippen LogP contribution in [-0.2, 0) is 4.74 Å². The fourth-order valence-corrected chi connectivity index (χ4v) is 0.939. The lowest BCUT2D eigenvalue weighted by molar-refractivity contribution is 0.117. The topological polar surface area (TPSA) is 21.3 Å². The first-order valence-electron chi connectivity index (χ1n) is 4.58. The zero-order valence-electron chi connectivity index (χ0n) is 7.60. The molecule has 0 aromatic rings. The molecule has 0 bridgehead atoms. The molecular weight excluding hydrogens is 138 g/mol. The molecule has 1 aliphatic carbocycles. The van der Waals surface area contributed by atoms with Crippen molar-refractivity contribution in [3.63, 3.8) is 0 Å². The van der Waals surface area contributed by atoms with E-state index in [1.165, 1.54) is 12.8 Å². The normalized spacial score (nSPS) is 20.2. The molecule has 0 amide bonds. The van der Waals surface area contributed by atoms with Crippen LogP contribution in [0, 0.1) is 5.92 Å². The number of nitrogens with one attached hydrogen (secondary N) is 1. The van der Waals surface area contributed by atoms with Crippen LogP contribution in [0.4, 0.5) is 0 Å². The predicted molar refractivity (Wildman–Crippen MR) is 46.7 cm³/mol. The molecular formula is C9H19NO. The lowest BCUT2D eigenvalue weighted by Gasteiger charge is -2.09. The molecule has 1 atom stereocenters. The zero-order valence-corrected chi connectivity index (χ0v) is 7.60.